The van der Waals surface area contributed by atoms with Gasteiger partial charge in [-0.05, 0) is 36.4 Å². The molecule has 4 N–H and O–H groups in total. The number of hydrogen-bond donors (Lipinski definition) is 3. The normalized spacial score (nSPS) is 11.2. The van der Waals surface area contributed by atoms with Crippen LogP contribution in [-0.4, -0.2) is 8.42 Å². The Morgan fingerprint density at radius 3 is 2.05 bits per heavy atom. The SMILES string of the molecule is NNc1ccc(S(=O)(=O)Nc2c(Cl)cc(Br)cc2Cl)cc1. The van der Waals surface area contributed by atoms with Crippen molar-refractivity contribution in [2.75, 3.05) is 10.1 Å². The highest BCUT2D eigenvalue weighted by Gasteiger charge is 2.18. The van der Waals surface area contributed by atoms with E-state index in [1.54, 1.807) is 24.3 Å². The van der Waals surface area contributed by atoms with Crippen molar-refractivity contribution in [1.29, 1.82) is 0 Å². The lowest BCUT2D eigenvalue weighted by atomic mass is 10.3. The van der Waals surface area contributed by atoms with Gasteiger partial charge in [0.1, 0.15) is 0 Å². The Kier molecular flexibility index (Phi) is 5.00. The Bertz CT molecular complexity index is 744. The van der Waals surface area contributed by atoms with E-state index in [4.69, 9.17) is 29.0 Å². The molecule has 5 nitrogen and oxygen atoms in total. The second kappa shape index (κ2) is 6.41. The molecule has 0 fully saturated rings. The summed E-state index contributed by atoms with van der Waals surface area (Å²) in [6.07, 6.45) is 0. The van der Waals surface area contributed by atoms with Gasteiger partial charge in [-0.3, -0.25) is 10.6 Å². The molecule has 0 aliphatic heterocycles. The van der Waals surface area contributed by atoms with Crippen molar-refractivity contribution < 1.29 is 8.42 Å². The lowest BCUT2D eigenvalue weighted by Crippen LogP contribution is -2.14. The van der Waals surface area contributed by atoms with Crippen LogP contribution in [0.5, 0.6) is 0 Å². The number of sulfonamides is 1. The Labute approximate surface area is 140 Å². The van der Waals surface area contributed by atoms with Crippen LogP contribution in [0.3, 0.4) is 0 Å². The minimum Gasteiger partial charge on any atom is -0.324 e. The molecule has 0 aromatic heterocycles. The van der Waals surface area contributed by atoms with E-state index in [9.17, 15) is 8.42 Å². The minimum atomic E-state index is -3.80. The van der Waals surface area contributed by atoms with Crippen molar-refractivity contribution in [2.24, 2.45) is 5.84 Å². The van der Waals surface area contributed by atoms with Crippen LogP contribution < -0.4 is 16.0 Å². The molecule has 112 valence electrons. The maximum absolute atomic E-state index is 12.3. The van der Waals surface area contributed by atoms with Gasteiger partial charge in [-0.25, -0.2) is 8.42 Å². The summed E-state index contributed by atoms with van der Waals surface area (Å²) in [4.78, 5) is 0.0663. The first kappa shape index (κ1) is 16.4. The quantitative estimate of drug-likeness (QED) is 0.528. The number of halogens is 3. The zero-order valence-corrected chi connectivity index (χ0v) is 14.3. The first-order chi connectivity index (χ1) is 9.83. The largest absolute Gasteiger partial charge is 0.324 e. The van der Waals surface area contributed by atoms with E-state index in [0.29, 0.717) is 10.2 Å². The minimum absolute atomic E-state index is 0.0663. The van der Waals surface area contributed by atoms with E-state index in [1.807, 2.05) is 0 Å². The number of nitrogen functional groups attached to an aromatic ring is 1. The maximum atomic E-state index is 12.3. The third-order valence-corrected chi connectivity index (χ3v) is 4.99. The van der Waals surface area contributed by atoms with Crippen molar-refractivity contribution in [3.05, 3.63) is 50.9 Å². The van der Waals surface area contributed by atoms with Crippen molar-refractivity contribution in [1.82, 2.24) is 0 Å². The van der Waals surface area contributed by atoms with E-state index in [1.165, 1.54) is 12.1 Å². The van der Waals surface area contributed by atoms with Gasteiger partial charge in [-0.15, -0.1) is 0 Å². The Hall–Kier alpha value is -0.990. The van der Waals surface area contributed by atoms with Crippen LogP contribution in [0.15, 0.2) is 45.8 Å². The molecule has 0 amide bonds. The molecular formula is C12H10BrCl2N3O2S. The number of rotatable bonds is 4. The van der Waals surface area contributed by atoms with Gasteiger partial charge in [0, 0.05) is 10.2 Å². The number of nitrogens with one attached hydrogen (secondary N) is 2. The van der Waals surface area contributed by atoms with Crippen molar-refractivity contribution in [3.8, 4) is 0 Å². The lowest BCUT2D eigenvalue weighted by molar-refractivity contribution is 0.601. The molecule has 0 saturated heterocycles. The monoisotopic (exact) mass is 409 g/mol. The molecular weight excluding hydrogens is 401 g/mol. The molecule has 9 heteroatoms. The summed E-state index contributed by atoms with van der Waals surface area (Å²) in [7, 11) is -3.80. The van der Waals surface area contributed by atoms with Crippen LogP contribution in [0, 0.1) is 0 Å². The van der Waals surface area contributed by atoms with Crippen LogP contribution in [0.25, 0.3) is 0 Å². The summed E-state index contributed by atoms with van der Waals surface area (Å²) in [5.41, 5.74) is 3.14. The smallest absolute Gasteiger partial charge is 0.261 e. The zero-order chi connectivity index (χ0) is 15.6. The lowest BCUT2D eigenvalue weighted by Gasteiger charge is -2.12. The van der Waals surface area contributed by atoms with E-state index in [2.05, 4.69) is 26.1 Å². The second-order valence-corrected chi connectivity index (χ2v) is 7.43. The number of anilines is 2. The fourth-order valence-corrected chi connectivity index (χ4v) is 4.08. The summed E-state index contributed by atoms with van der Waals surface area (Å²) in [6.45, 7) is 0. The van der Waals surface area contributed by atoms with Gasteiger partial charge in [0.05, 0.1) is 20.6 Å². The Morgan fingerprint density at radius 1 is 1.05 bits per heavy atom. The van der Waals surface area contributed by atoms with Crippen LogP contribution in [-0.2, 0) is 10.0 Å². The van der Waals surface area contributed by atoms with Gasteiger partial charge >= 0.3 is 0 Å². The highest BCUT2D eigenvalue weighted by Crippen LogP contribution is 2.35. The van der Waals surface area contributed by atoms with E-state index in [0.717, 1.165) is 0 Å². The topological polar surface area (TPSA) is 84.2 Å². The molecule has 0 aliphatic rings. The molecule has 0 unspecified atom stereocenters. The zero-order valence-electron chi connectivity index (χ0n) is 10.4. The van der Waals surface area contributed by atoms with Crippen LogP contribution in [0.4, 0.5) is 11.4 Å². The van der Waals surface area contributed by atoms with Gasteiger partial charge in [-0.1, -0.05) is 39.1 Å². The number of hydrazine groups is 1. The molecule has 0 heterocycles. The van der Waals surface area contributed by atoms with Crippen molar-refractivity contribution in [3.63, 3.8) is 0 Å². The van der Waals surface area contributed by atoms with Gasteiger partial charge in [-0.2, -0.15) is 0 Å². The summed E-state index contributed by atoms with van der Waals surface area (Å²) in [6, 6.07) is 9.01. The van der Waals surface area contributed by atoms with E-state index < -0.39 is 10.0 Å². The molecule has 0 aliphatic carbocycles. The van der Waals surface area contributed by atoms with Crippen LogP contribution in [0.2, 0.25) is 10.0 Å². The number of benzene rings is 2. The van der Waals surface area contributed by atoms with Gasteiger partial charge in [0.25, 0.3) is 10.0 Å². The summed E-state index contributed by atoms with van der Waals surface area (Å²) < 4.78 is 27.6. The molecule has 0 spiro atoms. The molecule has 2 aromatic rings. The fraction of sp³-hybridized carbons (Fsp3) is 0. The van der Waals surface area contributed by atoms with Gasteiger partial charge in [0.2, 0.25) is 0 Å². The average molecular weight is 411 g/mol. The molecule has 0 saturated carbocycles. The molecule has 0 radical (unpaired) electrons. The molecule has 0 atom stereocenters. The molecule has 21 heavy (non-hydrogen) atoms. The third-order valence-electron chi connectivity index (χ3n) is 2.57. The predicted molar refractivity (Wildman–Crippen MR) is 89.2 cm³/mol. The average Bonchev–Trinajstić information content (AvgIpc) is 2.43. The van der Waals surface area contributed by atoms with E-state index >= 15 is 0 Å². The summed E-state index contributed by atoms with van der Waals surface area (Å²) in [5.74, 6) is 5.23. The van der Waals surface area contributed by atoms with Crippen LogP contribution in [0.1, 0.15) is 0 Å². The Balaban J connectivity index is 2.37. The predicted octanol–water partition coefficient (Wildman–Crippen LogP) is 3.84. The Morgan fingerprint density at radius 2 is 1.57 bits per heavy atom. The van der Waals surface area contributed by atoms with Gasteiger partial charge in [0.15, 0.2) is 0 Å². The first-order valence-electron chi connectivity index (χ1n) is 5.57. The highest BCUT2D eigenvalue weighted by atomic mass is 79.9. The van der Waals surface area contributed by atoms with Gasteiger partial charge < -0.3 is 5.43 Å². The first-order valence-corrected chi connectivity index (χ1v) is 8.61. The molecule has 0 bridgehead atoms. The van der Waals surface area contributed by atoms with Crippen LogP contribution >= 0.6 is 39.1 Å². The number of nitrogens with two attached hydrogens (primary N) is 1. The summed E-state index contributed by atoms with van der Waals surface area (Å²) in [5, 5.41) is 0.386. The van der Waals surface area contributed by atoms with Crippen molar-refractivity contribution >= 4 is 60.5 Å². The fourth-order valence-electron chi connectivity index (χ4n) is 1.56. The number of hydrogen-bond acceptors (Lipinski definition) is 4. The van der Waals surface area contributed by atoms with E-state index in [-0.39, 0.29) is 20.6 Å². The maximum Gasteiger partial charge on any atom is 0.261 e. The highest BCUT2D eigenvalue weighted by molar-refractivity contribution is 9.10. The molecule has 2 rings (SSSR count). The second-order valence-electron chi connectivity index (χ2n) is 4.02. The standard InChI is InChI=1S/C12H10BrCl2N3O2S/c13-7-5-10(14)12(11(15)6-7)18-21(19,20)9-3-1-8(17-16)2-4-9/h1-6,17-18H,16H2. The molecule has 2 aromatic carbocycles. The third kappa shape index (κ3) is 3.81. The summed E-state index contributed by atoms with van der Waals surface area (Å²) >= 11 is 15.2. The van der Waals surface area contributed by atoms with Crippen molar-refractivity contribution in [2.45, 2.75) is 4.90 Å².